The summed E-state index contributed by atoms with van der Waals surface area (Å²) in [6, 6.07) is 0.671. The third-order valence-electron chi connectivity index (χ3n) is 2.72. The first kappa shape index (κ1) is 15.8. The second-order valence-electron chi connectivity index (χ2n) is 3.96. The Kier molecular flexibility index (Phi) is 11.2. The molecule has 0 aromatic heterocycles. The van der Waals surface area contributed by atoms with E-state index >= 15 is 0 Å². The van der Waals surface area contributed by atoms with E-state index in [1.807, 2.05) is 6.92 Å². The van der Waals surface area contributed by atoms with E-state index in [-0.39, 0.29) is 12.6 Å². The highest BCUT2D eigenvalue weighted by Gasteiger charge is 2.06. The van der Waals surface area contributed by atoms with Crippen LogP contribution in [0.1, 0.15) is 33.6 Å². The van der Waals surface area contributed by atoms with Crippen LogP contribution in [0, 0.1) is 0 Å². The quantitative estimate of drug-likeness (QED) is 0.460. The molecule has 4 heteroatoms. The van der Waals surface area contributed by atoms with Gasteiger partial charge in [0.1, 0.15) is 0 Å². The summed E-state index contributed by atoms with van der Waals surface area (Å²) in [6.07, 6.45) is 2.05. The highest BCUT2D eigenvalue weighted by atomic mass is 16.5. The van der Waals surface area contributed by atoms with Gasteiger partial charge in [-0.1, -0.05) is 13.8 Å². The van der Waals surface area contributed by atoms with Crippen molar-refractivity contribution in [3.8, 4) is 0 Å². The summed E-state index contributed by atoms with van der Waals surface area (Å²) in [5.74, 6) is 0. The molecule has 3 N–H and O–H groups in total. The topological polar surface area (TPSA) is 53.5 Å². The fourth-order valence-corrected chi connectivity index (χ4v) is 1.47. The van der Waals surface area contributed by atoms with Crippen LogP contribution in [0.3, 0.4) is 0 Å². The maximum atomic E-state index is 8.99. The number of aliphatic hydroxyl groups excluding tert-OH is 1. The molecule has 0 aliphatic carbocycles. The molecule has 0 rings (SSSR count). The minimum atomic E-state index is 0.215. The summed E-state index contributed by atoms with van der Waals surface area (Å²) < 4.78 is 5.38. The molecule has 0 amide bonds. The average molecular weight is 232 g/mol. The summed E-state index contributed by atoms with van der Waals surface area (Å²) in [5.41, 5.74) is 0. The Morgan fingerprint density at radius 1 is 1.00 bits per heavy atom. The standard InChI is InChI=1S/C12H28N2O2/c1-4-11(9-15)13-7-8-14-12(5-2)10-16-6-3/h11-15H,4-10H2,1-3H3. The van der Waals surface area contributed by atoms with Crippen LogP contribution in [-0.2, 0) is 4.74 Å². The summed E-state index contributed by atoms with van der Waals surface area (Å²) in [5, 5.41) is 15.7. The molecule has 2 unspecified atom stereocenters. The summed E-state index contributed by atoms with van der Waals surface area (Å²) in [4.78, 5) is 0. The monoisotopic (exact) mass is 232 g/mol. The predicted molar refractivity (Wildman–Crippen MR) is 67.7 cm³/mol. The van der Waals surface area contributed by atoms with Gasteiger partial charge in [0, 0.05) is 31.8 Å². The second kappa shape index (κ2) is 11.3. The van der Waals surface area contributed by atoms with Crippen molar-refractivity contribution in [1.82, 2.24) is 10.6 Å². The van der Waals surface area contributed by atoms with Gasteiger partial charge in [-0.05, 0) is 19.8 Å². The fourth-order valence-electron chi connectivity index (χ4n) is 1.47. The minimum absolute atomic E-state index is 0.215. The van der Waals surface area contributed by atoms with Crippen LogP contribution in [-0.4, -0.2) is 50.1 Å². The number of hydrogen-bond donors (Lipinski definition) is 3. The van der Waals surface area contributed by atoms with Crippen molar-refractivity contribution in [3.05, 3.63) is 0 Å². The molecule has 0 aliphatic heterocycles. The Morgan fingerprint density at radius 2 is 1.56 bits per heavy atom. The van der Waals surface area contributed by atoms with Gasteiger partial charge in [-0.3, -0.25) is 0 Å². The molecule has 16 heavy (non-hydrogen) atoms. The molecule has 0 aromatic carbocycles. The molecule has 0 aromatic rings. The molecule has 2 atom stereocenters. The molecular formula is C12H28N2O2. The first-order valence-electron chi connectivity index (χ1n) is 6.43. The largest absolute Gasteiger partial charge is 0.395 e. The third-order valence-corrected chi connectivity index (χ3v) is 2.72. The number of ether oxygens (including phenoxy) is 1. The Labute approximate surface area is 99.8 Å². The molecular weight excluding hydrogens is 204 g/mol. The zero-order valence-electron chi connectivity index (χ0n) is 11.0. The molecule has 0 spiro atoms. The van der Waals surface area contributed by atoms with E-state index in [0.717, 1.165) is 39.1 Å². The van der Waals surface area contributed by atoms with E-state index < -0.39 is 0 Å². The van der Waals surface area contributed by atoms with Crippen LogP contribution < -0.4 is 10.6 Å². The van der Waals surface area contributed by atoms with Gasteiger partial charge in [-0.25, -0.2) is 0 Å². The lowest BCUT2D eigenvalue weighted by atomic mass is 10.2. The second-order valence-corrected chi connectivity index (χ2v) is 3.96. The van der Waals surface area contributed by atoms with Crippen molar-refractivity contribution in [1.29, 1.82) is 0 Å². The van der Waals surface area contributed by atoms with Crippen LogP contribution in [0.5, 0.6) is 0 Å². The summed E-state index contributed by atoms with van der Waals surface area (Å²) in [7, 11) is 0. The summed E-state index contributed by atoms with van der Waals surface area (Å²) >= 11 is 0. The lowest BCUT2D eigenvalue weighted by Crippen LogP contribution is -2.41. The van der Waals surface area contributed by atoms with Crippen LogP contribution in [0.15, 0.2) is 0 Å². The third kappa shape index (κ3) is 8.05. The van der Waals surface area contributed by atoms with E-state index in [1.54, 1.807) is 0 Å². The molecule has 0 saturated carbocycles. The molecule has 0 radical (unpaired) electrons. The zero-order valence-corrected chi connectivity index (χ0v) is 11.0. The van der Waals surface area contributed by atoms with Gasteiger partial charge in [-0.15, -0.1) is 0 Å². The molecule has 98 valence electrons. The van der Waals surface area contributed by atoms with Gasteiger partial charge in [-0.2, -0.15) is 0 Å². The minimum Gasteiger partial charge on any atom is -0.395 e. The Hall–Kier alpha value is -0.160. The van der Waals surface area contributed by atoms with Gasteiger partial charge < -0.3 is 20.5 Å². The first-order valence-corrected chi connectivity index (χ1v) is 6.43. The van der Waals surface area contributed by atoms with Crippen molar-refractivity contribution in [3.63, 3.8) is 0 Å². The highest BCUT2D eigenvalue weighted by Crippen LogP contribution is 1.92. The maximum absolute atomic E-state index is 8.99. The lowest BCUT2D eigenvalue weighted by Gasteiger charge is -2.18. The van der Waals surface area contributed by atoms with Crippen molar-refractivity contribution >= 4 is 0 Å². The first-order chi connectivity index (χ1) is 7.78. The zero-order chi connectivity index (χ0) is 12.2. The smallest absolute Gasteiger partial charge is 0.0619 e. The molecule has 0 saturated heterocycles. The van der Waals surface area contributed by atoms with E-state index in [4.69, 9.17) is 9.84 Å². The van der Waals surface area contributed by atoms with Crippen molar-refractivity contribution < 1.29 is 9.84 Å². The molecule has 0 bridgehead atoms. The van der Waals surface area contributed by atoms with Gasteiger partial charge in [0.15, 0.2) is 0 Å². The molecule has 4 nitrogen and oxygen atoms in total. The van der Waals surface area contributed by atoms with Crippen LogP contribution in [0.2, 0.25) is 0 Å². The van der Waals surface area contributed by atoms with Crippen LogP contribution in [0.4, 0.5) is 0 Å². The van der Waals surface area contributed by atoms with Gasteiger partial charge in [0.25, 0.3) is 0 Å². The van der Waals surface area contributed by atoms with E-state index in [1.165, 1.54) is 0 Å². The van der Waals surface area contributed by atoms with Crippen LogP contribution >= 0.6 is 0 Å². The van der Waals surface area contributed by atoms with E-state index in [0.29, 0.717) is 6.04 Å². The normalized spacial score (nSPS) is 15.0. The fraction of sp³-hybridized carbons (Fsp3) is 1.00. The maximum Gasteiger partial charge on any atom is 0.0619 e. The Bertz CT molecular complexity index is 141. The lowest BCUT2D eigenvalue weighted by molar-refractivity contribution is 0.121. The van der Waals surface area contributed by atoms with Crippen LogP contribution in [0.25, 0.3) is 0 Å². The molecule has 0 heterocycles. The number of rotatable bonds is 11. The SMILES string of the molecule is CCOCC(CC)NCCNC(CC)CO. The van der Waals surface area contributed by atoms with Gasteiger partial charge in [0.05, 0.1) is 13.2 Å². The van der Waals surface area contributed by atoms with E-state index in [9.17, 15) is 0 Å². The van der Waals surface area contributed by atoms with E-state index in [2.05, 4.69) is 24.5 Å². The van der Waals surface area contributed by atoms with Gasteiger partial charge >= 0.3 is 0 Å². The van der Waals surface area contributed by atoms with Crippen molar-refractivity contribution in [2.45, 2.75) is 45.7 Å². The van der Waals surface area contributed by atoms with Crippen molar-refractivity contribution in [2.24, 2.45) is 0 Å². The number of aliphatic hydroxyl groups is 1. The Balaban J connectivity index is 3.46. The Morgan fingerprint density at radius 3 is 2.00 bits per heavy atom. The predicted octanol–water partition coefficient (Wildman–Crippen LogP) is 0.752. The van der Waals surface area contributed by atoms with Crippen molar-refractivity contribution in [2.75, 3.05) is 32.9 Å². The molecule has 0 fully saturated rings. The van der Waals surface area contributed by atoms with Gasteiger partial charge in [0.2, 0.25) is 0 Å². The molecule has 0 aliphatic rings. The number of hydrogen-bond acceptors (Lipinski definition) is 4. The summed E-state index contributed by atoms with van der Waals surface area (Å²) in [6.45, 7) is 9.83. The number of nitrogens with one attached hydrogen (secondary N) is 2. The highest BCUT2D eigenvalue weighted by molar-refractivity contribution is 4.67. The average Bonchev–Trinajstić information content (AvgIpc) is 2.33.